The second-order valence-electron chi connectivity index (χ2n) is 5.25. The van der Waals surface area contributed by atoms with Gasteiger partial charge in [-0.3, -0.25) is 0 Å². The van der Waals surface area contributed by atoms with E-state index in [9.17, 15) is 8.42 Å². The molecule has 0 bridgehead atoms. The Hall–Kier alpha value is -0.920. The number of nitrogens with one attached hydrogen (secondary N) is 1. The second-order valence-corrected chi connectivity index (χ2v) is 6.91. The van der Waals surface area contributed by atoms with Crippen LogP contribution in [-0.4, -0.2) is 30.6 Å². The highest BCUT2D eigenvalue weighted by Crippen LogP contribution is 2.25. The van der Waals surface area contributed by atoms with Crippen LogP contribution in [0.15, 0.2) is 11.2 Å². The van der Waals surface area contributed by atoms with E-state index < -0.39 is 10.0 Å². The summed E-state index contributed by atoms with van der Waals surface area (Å²) in [5.41, 5.74) is 5.72. The number of aryl methyl sites for hydroxylation is 2. The molecule has 1 heterocycles. The molecule has 6 nitrogen and oxygen atoms in total. The summed E-state index contributed by atoms with van der Waals surface area (Å²) >= 11 is 0. The molecule has 1 aliphatic carbocycles. The number of rotatable bonds is 4. The maximum Gasteiger partial charge on any atom is 0.259 e. The van der Waals surface area contributed by atoms with E-state index in [2.05, 4.69) is 9.71 Å². The van der Waals surface area contributed by atoms with Crippen molar-refractivity contribution in [1.82, 2.24) is 14.3 Å². The topological polar surface area (TPSA) is 90.0 Å². The highest BCUT2D eigenvalue weighted by atomic mass is 32.2. The first-order chi connectivity index (χ1) is 8.94. The lowest BCUT2D eigenvalue weighted by atomic mass is 9.85. The van der Waals surface area contributed by atoms with Gasteiger partial charge in [0, 0.05) is 19.3 Å². The number of nitrogens with two attached hydrogens (primary N) is 1. The molecule has 0 aromatic carbocycles. The monoisotopic (exact) mass is 286 g/mol. The molecule has 0 saturated heterocycles. The maximum atomic E-state index is 12.3. The molecule has 2 rings (SSSR count). The van der Waals surface area contributed by atoms with Gasteiger partial charge >= 0.3 is 0 Å². The smallest absolute Gasteiger partial charge is 0.259 e. The van der Waals surface area contributed by atoms with Gasteiger partial charge in [0.05, 0.1) is 0 Å². The Labute approximate surface area is 114 Å². The zero-order valence-corrected chi connectivity index (χ0v) is 12.3. The van der Waals surface area contributed by atoms with Crippen LogP contribution in [0.5, 0.6) is 0 Å². The molecule has 1 aromatic heterocycles. The summed E-state index contributed by atoms with van der Waals surface area (Å²) in [7, 11) is -1.76. The first-order valence-electron chi connectivity index (χ1n) is 6.66. The molecule has 1 aromatic rings. The Morgan fingerprint density at radius 1 is 1.47 bits per heavy atom. The fraction of sp³-hybridized carbons (Fsp3) is 0.750. The number of hydrogen-bond donors (Lipinski definition) is 2. The van der Waals surface area contributed by atoms with Crippen molar-refractivity contribution in [3.8, 4) is 0 Å². The predicted molar refractivity (Wildman–Crippen MR) is 73.1 cm³/mol. The van der Waals surface area contributed by atoms with Crippen molar-refractivity contribution in [3.05, 3.63) is 12.0 Å². The van der Waals surface area contributed by atoms with Crippen LogP contribution in [-0.2, 0) is 17.1 Å². The standard InChI is InChI=1S/C12H22N4O2S/c1-9-14-12(8-16(9)2)19(17,18)15-11-6-4-3-5-10(11)7-13/h8,10-11,15H,3-7,13H2,1-2H3. The molecular weight excluding hydrogens is 264 g/mol. The third-order valence-electron chi connectivity index (χ3n) is 3.88. The number of sulfonamides is 1. The first-order valence-corrected chi connectivity index (χ1v) is 8.14. The molecule has 0 spiro atoms. The molecule has 108 valence electrons. The number of aromatic nitrogens is 2. The van der Waals surface area contributed by atoms with Gasteiger partial charge in [0.25, 0.3) is 10.0 Å². The zero-order chi connectivity index (χ0) is 14.0. The minimum absolute atomic E-state index is 0.0638. The summed E-state index contributed by atoms with van der Waals surface area (Å²) in [6, 6.07) is -0.0638. The normalized spacial score (nSPS) is 24.6. The van der Waals surface area contributed by atoms with Gasteiger partial charge in [-0.1, -0.05) is 12.8 Å². The van der Waals surface area contributed by atoms with Crippen LogP contribution in [0.1, 0.15) is 31.5 Å². The molecule has 0 radical (unpaired) electrons. The van der Waals surface area contributed by atoms with Gasteiger partial charge in [-0.05, 0) is 32.2 Å². The van der Waals surface area contributed by atoms with Crippen molar-refractivity contribution in [2.24, 2.45) is 18.7 Å². The van der Waals surface area contributed by atoms with E-state index in [0.29, 0.717) is 12.4 Å². The highest BCUT2D eigenvalue weighted by Gasteiger charge is 2.29. The molecule has 1 aliphatic rings. The number of imidazole rings is 1. The van der Waals surface area contributed by atoms with Crippen molar-refractivity contribution < 1.29 is 8.42 Å². The largest absolute Gasteiger partial charge is 0.337 e. The van der Waals surface area contributed by atoms with Crippen molar-refractivity contribution in [2.45, 2.75) is 43.7 Å². The quantitative estimate of drug-likeness (QED) is 0.844. The Balaban J connectivity index is 2.16. The average Bonchev–Trinajstić information content (AvgIpc) is 2.71. The molecule has 1 fully saturated rings. The van der Waals surface area contributed by atoms with Crippen LogP contribution >= 0.6 is 0 Å². The van der Waals surface area contributed by atoms with Gasteiger partial charge in [-0.2, -0.15) is 0 Å². The fourth-order valence-electron chi connectivity index (χ4n) is 2.56. The van der Waals surface area contributed by atoms with E-state index in [-0.39, 0.29) is 17.0 Å². The van der Waals surface area contributed by atoms with Crippen LogP contribution in [0.4, 0.5) is 0 Å². The predicted octanol–water partition coefficient (Wildman–Crippen LogP) is 0.524. The highest BCUT2D eigenvalue weighted by molar-refractivity contribution is 7.89. The van der Waals surface area contributed by atoms with Gasteiger partial charge in [0.15, 0.2) is 5.03 Å². The van der Waals surface area contributed by atoms with Crippen molar-refractivity contribution >= 4 is 10.0 Å². The maximum absolute atomic E-state index is 12.3. The van der Waals surface area contributed by atoms with Crippen LogP contribution in [0.3, 0.4) is 0 Å². The molecule has 0 amide bonds. The summed E-state index contributed by atoms with van der Waals surface area (Å²) in [4.78, 5) is 4.08. The summed E-state index contributed by atoms with van der Waals surface area (Å²) in [5, 5.41) is 0.0915. The van der Waals surface area contributed by atoms with Crippen LogP contribution in [0.2, 0.25) is 0 Å². The van der Waals surface area contributed by atoms with E-state index in [4.69, 9.17) is 5.73 Å². The Morgan fingerprint density at radius 2 is 2.16 bits per heavy atom. The van der Waals surface area contributed by atoms with Crippen LogP contribution < -0.4 is 10.5 Å². The summed E-state index contributed by atoms with van der Waals surface area (Å²) in [5.74, 6) is 0.910. The fourth-order valence-corrected chi connectivity index (χ4v) is 3.94. The lowest BCUT2D eigenvalue weighted by Crippen LogP contribution is -2.44. The van der Waals surface area contributed by atoms with Gasteiger partial charge in [-0.25, -0.2) is 18.1 Å². The van der Waals surface area contributed by atoms with E-state index >= 15 is 0 Å². The Bertz CT molecular complexity index is 518. The minimum atomic E-state index is -3.54. The van der Waals surface area contributed by atoms with E-state index in [0.717, 1.165) is 25.7 Å². The number of nitrogens with zero attached hydrogens (tertiary/aromatic N) is 2. The third kappa shape index (κ3) is 3.16. The molecular formula is C12H22N4O2S. The molecule has 0 aliphatic heterocycles. The van der Waals surface area contributed by atoms with Crippen molar-refractivity contribution in [1.29, 1.82) is 0 Å². The lowest BCUT2D eigenvalue weighted by Gasteiger charge is -2.30. The van der Waals surface area contributed by atoms with E-state index in [1.807, 2.05) is 0 Å². The van der Waals surface area contributed by atoms with Gasteiger partial charge in [-0.15, -0.1) is 0 Å². The van der Waals surface area contributed by atoms with Crippen LogP contribution in [0.25, 0.3) is 0 Å². The lowest BCUT2D eigenvalue weighted by molar-refractivity contribution is 0.296. The van der Waals surface area contributed by atoms with Crippen LogP contribution in [0, 0.1) is 12.8 Å². The van der Waals surface area contributed by atoms with Gasteiger partial charge in [0.2, 0.25) is 0 Å². The Morgan fingerprint density at radius 3 is 2.74 bits per heavy atom. The van der Waals surface area contributed by atoms with E-state index in [1.54, 1.807) is 18.5 Å². The molecule has 1 saturated carbocycles. The summed E-state index contributed by atoms with van der Waals surface area (Å²) in [6.45, 7) is 2.30. The number of hydrogen-bond acceptors (Lipinski definition) is 4. The summed E-state index contributed by atoms with van der Waals surface area (Å²) in [6.07, 6.45) is 5.56. The minimum Gasteiger partial charge on any atom is -0.337 e. The summed E-state index contributed by atoms with van der Waals surface area (Å²) < 4.78 is 29.1. The molecule has 2 unspecified atom stereocenters. The molecule has 19 heavy (non-hydrogen) atoms. The molecule has 3 N–H and O–H groups in total. The van der Waals surface area contributed by atoms with Crippen molar-refractivity contribution in [2.75, 3.05) is 6.54 Å². The van der Waals surface area contributed by atoms with Gasteiger partial charge in [0.1, 0.15) is 5.82 Å². The Kier molecular flexibility index (Phi) is 4.27. The second kappa shape index (κ2) is 5.60. The van der Waals surface area contributed by atoms with E-state index in [1.165, 1.54) is 6.20 Å². The molecule has 7 heteroatoms. The zero-order valence-electron chi connectivity index (χ0n) is 11.5. The SMILES string of the molecule is Cc1nc(S(=O)(=O)NC2CCCCC2CN)cn1C. The molecule has 2 atom stereocenters. The average molecular weight is 286 g/mol. The third-order valence-corrected chi connectivity index (χ3v) is 5.24. The first kappa shape index (κ1) is 14.5. The van der Waals surface area contributed by atoms with Crippen molar-refractivity contribution in [3.63, 3.8) is 0 Å². The van der Waals surface area contributed by atoms with Gasteiger partial charge < -0.3 is 10.3 Å².